The zero-order chi connectivity index (χ0) is 21.3. The van der Waals surface area contributed by atoms with Crippen LogP contribution in [-0.4, -0.2) is 36.6 Å². The SMILES string of the molecule is CCOC(=O)CCN(CCc1ccccc1)C(=O)Nc1ccc(C(F)(F)F)cc1. The van der Waals surface area contributed by atoms with Gasteiger partial charge in [0.25, 0.3) is 0 Å². The van der Waals surface area contributed by atoms with Gasteiger partial charge in [0.1, 0.15) is 0 Å². The molecule has 2 rings (SSSR count). The van der Waals surface area contributed by atoms with E-state index in [4.69, 9.17) is 4.74 Å². The van der Waals surface area contributed by atoms with E-state index in [2.05, 4.69) is 5.32 Å². The van der Waals surface area contributed by atoms with E-state index in [1.165, 1.54) is 17.0 Å². The molecule has 0 aliphatic carbocycles. The number of carbonyl (C=O) groups is 2. The number of ether oxygens (including phenoxy) is 1. The van der Waals surface area contributed by atoms with Crippen LogP contribution in [0.25, 0.3) is 0 Å². The van der Waals surface area contributed by atoms with E-state index < -0.39 is 23.7 Å². The van der Waals surface area contributed by atoms with Gasteiger partial charge in [-0.25, -0.2) is 4.79 Å². The summed E-state index contributed by atoms with van der Waals surface area (Å²) in [5.41, 5.74) is 0.471. The molecule has 1 N–H and O–H groups in total. The fourth-order valence-corrected chi connectivity index (χ4v) is 2.63. The molecule has 156 valence electrons. The summed E-state index contributed by atoms with van der Waals surface area (Å²) in [7, 11) is 0. The highest BCUT2D eigenvalue weighted by Gasteiger charge is 2.30. The monoisotopic (exact) mass is 408 g/mol. The van der Waals surface area contributed by atoms with Crippen LogP contribution in [0.15, 0.2) is 54.6 Å². The third-order valence-corrected chi connectivity index (χ3v) is 4.16. The van der Waals surface area contributed by atoms with Crippen molar-refractivity contribution in [1.29, 1.82) is 0 Å². The quantitative estimate of drug-likeness (QED) is 0.642. The summed E-state index contributed by atoms with van der Waals surface area (Å²) in [5, 5.41) is 2.58. The number of halogens is 3. The van der Waals surface area contributed by atoms with Crippen molar-refractivity contribution in [2.75, 3.05) is 25.0 Å². The van der Waals surface area contributed by atoms with E-state index in [0.717, 1.165) is 17.7 Å². The molecule has 0 heterocycles. The van der Waals surface area contributed by atoms with E-state index in [1.807, 2.05) is 30.3 Å². The van der Waals surface area contributed by atoms with E-state index in [-0.39, 0.29) is 25.3 Å². The predicted octanol–water partition coefficient (Wildman–Crippen LogP) is 4.74. The first-order chi connectivity index (χ1) is 13.8. The summed E-state index contributed by atoms with van der Waals surface area (Å²) in [6.45, 7) is 2.43. The highest BCUT2D eigenvalue weighted by atomic mass is 19.4. The van der Waals surface area contributed by atoms with E-state index in [1.54, 1.807) is 6.92 Å². The van der Waals surface area contributed by atoms with Gasteiger partial charge in [-0.05, 0) is 43.2 Å². The molecule has 5 nitrogen and oxygen atoms in total. The minimum Gasteiger partial charge on any atom is -0.466 e. The fraction of sp³-hybridized carbons (Fsp3) is 0.333. The molecule has 0 aliphatic rings. The number of benzene rings is 2. The molecule has 0 fully saturated rings. The molecule has 0 aromatic heterocycles. The number of amides is 2. The first kappa shape index (κ1) is 22.3. The molecule has 8 heteroatoms. The average molecular weight is 408 g/mol. The van der Waals surface area contributed by atoms with Crippen molar-refractivity contribution in [3.05, 3.63) is 65.7 Å². The van der Waals surface area contributed by atoms with E-state index >= 15 is 0 Å². The third-order valence-electron chi connectivity index (χ3n) is 4.16. The summed E-state index contributed by atoms with van der Waals surface area (Å²) in [4.78, 5) is 25.7. The number of urea groups is 1. The van der Waals surface area contributed by atoms with Crippen molar-refractivity contribution in [3.8, 4) is 0 Å². The molecule has 2 amide bonds. The van der Waals surface area contributed by atoms with Gasteiger partial charge in [0, 0.05) is 18.8 Å². The van der Waals surface area contributed by atoms with Gasteiger partial charge in [0.15, 0.2) is 0 Å². The van der Waals surface area contributed by atoms with Crippen molar-refractivity contribution in [3.63, 3.8) is 0 Å². The van der Waals surface area contributed by atoms with Crippen LogP contribution in [0.4, 0.5) is 23.7 Å². The fourth-order valence-electron chi connectivity index (χ4n) is 2.63. The lowest BCUT2D eigenvalue weighted by molar-refractivity contribution is -0.143. The molecule has 0 aliphatic heterocycles. The Bertz CT molecular complexity index is 793. The minimum atomic E-state index is -4.44. The second-order valence-corrected chi connectivity index (χ2v) is 6.28. The zero-order valence-corrected chi connectivity index (χ0v) is 16.0. The van der Waals surface area contributed by atoms with Crippen molar-refractivity contribution >= 4 is 17.7 Å². The summed E-state index contributed by atoms with van der Waals surface area (Å²) in [6.07, 6.45) is -3.84. The lowest BCUT2D eigenvalue weighted by atomic mass is 10.1. The van der Waals surface area contributed by atoms with Crippen LogP contribution in [0.1, 0.15) is 24.5 Å². The van der Waals surface area contributed by atoms with Crippen LogP contribution >= 0.6 is 0 Å². The lowest BCUT2D eigenvalue weighted by Gasteiger charge is -2.23. The summed E-state index contributed by atoms with van der Waals surface area (Å²) >= 11 is 0. The average Bonchev–Trinajstić information content (AvgIpc) is 2.68. The Hall–Kier alpha value is -3.03. The van der Waals surface area contributed by atoms with Crippen molar-refractivity contribution in [2.45, 2.75) is 25.9 Å². The Kier molecular flexibility index (Phi) is 8.06. The molecule has 0 saturated heterocycles. The number of alkyl halides is 3. The zero-order valence-electron chi connectivity index (χ0n) is 16.0. The topological polar surface area (TPSA) is 58.6 Å². The van der Waals surface area contributed by atoms with E-state index in [0.29, 0.717) is 13.0 Å². The van der Waals surface area contributed by atoms with Crippen molar-refractivity contribution < 1.29 is 27.5 Å². The van der Waals surface area contributed by atoms with Crippen LogP contribution in [-0.2, 0) is 22.1 Å². The second kappa shape index (κ2) is 10.5. The molecule has 2 aromatic carbocycles. The van der Waals surface area contributed by atoms with Crippen LogP contribution in [0.5, 0.6) is 0 Å². The number of rotatable bonds is 8. The Morgan fingerprint density at radius 1 is 1.00 bits per heavy atom. The van der Waals surface area contributed by atoms with Crippen LogP contribution in [0.3, 0.4) is 0 Å². The Labute approximate surface area is 167 Å². The number of esters is 1. The normalized spacial score (nSPS) is 11.0. The first-order valence-corrected chi connectivity index (χ1v) is 9.22. The molecule has 0 bridgehead atoms. The van der Waals surface area contributed by atoms with E-state index in [9.17, 15) is 22.8 Å². The number of nitrogens with one attached hydrogen (secondary N) is 1. The van der Waals surface area contributed by atoms with Crippen LogP contribution in [0, 0.1) is 0 Å². The maximum absolute atomic E-state index is 12.7. The Balaban J connectivity index is 2.02. The van der Waals surface area contributed by atoms with Gasteiger partial charge in [-0.2, -0.15) is 13.2 Å². The first-order valence-electron chi connectivity index (χ1n) is 9.22. The number of nitrogens with zero attached hydrogens (tertiary/aromatic N) is 1. The van der Waals surface area contributed by atoms with Crippen molar-refractivity contribution in [2.24, 2.45) is 0 Å². The van der Waals surface area contributed by atoms with Gasteiger partial charge < -0.3 is 15.0 Å². The van der Waals surface area contributed by atoms with Gasteiger partial charge >= 0.3 is 18.2 Å². The smallest absolute Gasteiger partial charge is 0.416 e. The summed E-state index contributed by atoms with van der Waals surface area (Å²) in [6, 6.07) is 13.2. The molecular formula is C21H23F3N2O3. The number of hydrogen-bond acceptors (Lipinski definition) is 3. The van der Waals surface area contributed by atoms with Gasteiger partial charge in [-0.15, -0.1) is 0 Å². The van der Waals surface area contributed by atoms with Crippen molar-refractivity contribution in [1.82, 2.24) is 4.90 Å². The third kappa shape index (κ3) is 7.48. The largest absolute Gasteiger partial charge is 0.466 e. The summed E-state index contributed by atoms with van der Waals surface area (Å²) < 4.78 is 42.9. The number of carbonyl (C=O) groups excluding carboxylic acids is 2. The molecule has 0 spiro atoms. The molecule has 0 atom stereocenters. The molecule has 0 saturated carbocycles. The van der Waals surface area contributed by atoms with Gasteiger partial charge in [-0.3, -0.25) is 4.79 Å². The molecule has 0 radical (unpaired) electrons. The molecule has 2 aromatic rings. The summed E-state index contributed by atoms with van der Waals surface area (Å²) in [5.74, 6) is -0.417. The van der Waals surface area contributed by atoms with Crippen LogP contribution in [0.2, 0.25) is 0 Å². The second-order valence-electron chi connectivity index (χ2n) is 6.28. The maximum atomic E-state index is 12.7. The highest BCUT2D eigenvalue weighted by Crippen LogP contribution is 2.29. The van der Waals surface area contributed by atoms with Crippen LogP contribution < -0.4 is 5.32 Å². The predicted molar refractivity (Wildman–Crippen MR) is 103 cm³/mol. The highest BCUT2D eigenvalue weighted by molar-refractivity contribution is 5.89. The molecule has 29 heavy (non-hydrogen) atoms. The Morgan fingerprint density at radius 2 is 1.66 bits per heavy atom. The Morgan fingerprint density at radius 3 is 2.24 bits per heavy atom. The maximum Gasteiger partial charge on any atom is 0.416 e. The lowest BCUT2D eigenvalue weighted by Crippen LogP contribution is -2.38. The number of anilines is 1. The minimum absolute atomic E-state index is 0.0308. The van der Waals surface area contributed by atoms with Gasteiger partial charge in [0.05, 0.1) is 18.6 Å². The molecule has 0 unspecified atom stereocenters. The standard InChI is InChI=1S/C21H23F3N2O3/c1-2-29-19(27)13-15-26(14-12-16-6-4-3-5-7-16)20(28)25-18-10-8-17(9-11-18)21(22,23)24/h3-11H,2,12-15H2,1H3,(H,25,28). The number of hydrogen-bond donors (Lipinski definition) is 1. The van der Waals surface area contributed by atoms with Gasteiger partial charge in [0.2, 0.25) is 0 Å². The van der Waals surface area contributed by atoms with Gasteiger partial charge in [-0.1, -0.05) is 30.3 Å². The molecular weight excluding hydrogens is 385 g/mol.